The van der Waals surface area contributed by atoms with Crippen molar-refractivity contribution in [3.05, 3.63) is 23.2 Å². The lowest BCUT2D eigenvalue weighted by Crippen LogP contribution is -2.49. The highest BCUT2D eigenvalue weighted by atomic mass is 35.5. The summed E-state index contributed by atoms with van der Waals surface area (Å²) < 4.78 is 32.2. The zero-order valence-electron chi connectivity index (χ0n) is 15.5. The minimum absolute atomic E-state index is 0.0699. The van der Waals surface area contributed by atoms with Crippen LogP contribution in [0.5, 0.6) is 0 Å². The van der Waals surface area contributed by atoms with Gasteiger partial charge in [0.15, 0.2) is 5.13 Å². The van der Waals surface area contributed by atoms with Crippen molar-refractivity contribution >= 4 is 54.2 Å². The van der Waals surface area contributed by atoms with Gasteiger partial charge in [0.1, 0.15) is 11.6 Å². The monoisotopic (exact) mass is 443 g/mol. The van der Waals surface area contributed by atoms with Crippen molar-refractivity contribution in [2.75, 3.05) is 30.9 Å². The van der Waals surface area contributed by atoms with E-state index < -0.39 is 16.1 Å². The Morgan fingerprint density at radius 2 is 2.21 bits per heavy atom. The third kappa shape index (κ3) is 3.91. The highest BCUT2D eigenvalue weighted by molar-refractivity contribution is 7.88. The number of fused-ring (bicyclic) bond motifs is 1. The normalized spacial score (nSPS) is 23.5. The average Bonchev–Trinajstić information content (AvgIpc) is 3.37. The molecule has 0 saturated carbocycles. The van der Waals surface area contributed by atoms with Crippen LogP contribution < -0.4 is 4.90 Å². The number of halogens is 1. The zero-order chi connectivity index (χ0) is 19.9. The predicted molar refractivity (Wildman–Crippen MR) is 111 cm³/mol. The van der Waals surface area contributed by atoms with E-state index in [0.717, 1.165) is 23.8 Å². The van der Waals surface area contributed by atoms with Crippen LogP contribution >= 0.6 is 22.9 Å². The Labute approximate surface area is 173 Å². The highest BCUT2D eigenvalue weighted by Crippen LogP contribution is 2.35. The molecule has 1 amide bonds. The van der Waals surface area contributed by atoms with E-state index in [0.29, 0.717) is 48.2 Å². The number of hydrogen-bond donors (Lipinski definition) is 0. The summed E-state index contributed by atoms with van der Waals surface area (Å²) >= 11 is 7.65. The molecule has 152 valence electrons. The molecule has 2 saturated heterocycles. The van der Waals surface area contributed by atoms with Crippen molar-refractivity contribution in [2.24, 2.45) is 0 Å². The van der Waals surface area contributed by atoms with Gasteiger partial charge in [0, 0.05) is 13.2 Å². The van der Waals surface area contributed by atoms with E-state index in [2.05, 4.69) is 4.98 Å². The topological polar surface area (TPSA) is 79.8 Å². The number of rotatable bonds is 5. The second-order valence-corrected chi connectivity index (χ2v) is 10.5. The summed E-state index contributed by atoms with van der Waals surface area (Å²) in [7, 11) is -3.45. The van der Waals surface area contributed by atoms with Gasteiger partial charge in [-0.3, -0.25) is 9.69 Å². The molecule has 1 aromatic heterocycles. The van der Waals surface area contributed by atoms with E-state index in [1.54, 1.807) is 11.0 Å². The first-order valence-electron chi connectivity index (χ1n) is 9.29. The second-order valence-electron chi connectivity index (χ2n) is 7.20. The average molecular weight is 444 g/mol. The Morgan fingerprint density at radius 3 is 2.89 bits per heavy atom. The van der Waals surface area contributed by atoms with Crippen LogP contribution in [-0.2, 0) is 19.6 Å². The van der Waals surface area contributed by atoms with Crippen LogP contribution in [-0.4, -0.2) is 61.7 Å². The number of anilines is 1. The van der Waals surface area contributed by atoms with Crippen LogP contribution in [0.4, 0.5) is 5.13 Å². The first-order chi connectivity index (χ1) is 13.3. The lowest BCUT2D eigenvalue weighted by atomic mass is 10.2. The maximum absolute atomic E-state index is 13.5. The molecule has 0 bridgehead atoms. The van der Waals surface area contributed by atoms with Crippen molar-refractivity contribution in [3.63, 3.8) is 0 Å². The molecule has 4 rings (SSSR count). The third-order valence-electron chi connectivity index (χ3n) is 5.18. The molecule has 2 fully saturated rings. The minimum atomic E-state index is -3.45. The van der Waals surface area contributed by atoms with Gasteiger partial charge in [-0.05, 0) is 37.8 Å². The SMILES string of the molecule is CS(=O)(=O)N1CCC[C@H]1C(=O)N(C[C@@H]1CCCO1)c1nc2c(Cl)cccc2s1. The van der Waals surface area contributed by atoms with Crippen molar-refractivity contribution in [1.82, 2.24) is 9.29 Å². The smallest absolute Gasteiger partial charge is 0.247 e. The van der Waals surface area contributed by atoms with Crippen LogP contribution in [0, 0.1) is 0 Å². The van der Waals surface area contributed by atoms with Crippen LogP contribution in [0.3, 0.4) is 0 Å². The van der Waals surface area contributed by atoms with E-state index >= 15 is 0 Å². The largest absolute Gasteiger partial charge is 0.376 e. The molecule has 0 N–H and O–H groups in total. The summed E-state index contributed by atoms with van der Waals surface area (Å²) in [6.07, 6.45) is 4.09. The number of para-hydroxylation sites is 1. The third-order valence-corrected chi connectivity index (χ3v) is 7.82. The van der Waals surface area contributed by atoms with E-state index in [1.807, 2.05) is 12.1 Å². The highest BCUT2D eigenvalue weighted by Gasteiger charge is 2.40. The van der Waals surface area contributed by atoms with Crippen molar-refractivity contribution in [2.45, 2.75) is 37.8 Å². The molecule has 2 atom stereocenters. The summed E-state index contributed by atoms with van der Waals surface area (Å²) in [6.45, 7) is 1.41. The van der Waals surface area contributed by atoms with Crippen LogP contribution in [0.1, 0.15) is 25.7 Å². The van der Waals surface area contributed by atoms with E-state index in [-0.39, 0.29) is 12.0 Å². The molecule has 2 aromatic rings. The van der Waals surface area contributed by atoms with Gasteiger partial charge in [0.2, 0.25) is 15.9 Å². The summed E-state index contributed by atoms with van der Waals surface area (Å²) in [6, 6.07) is 4.83. The van der Waals surface area contributed by atoms with E-state index in [4.69, 9.17) is 16.3 Å². The van der Waals surface area contributed by atoms with Gasteiger partial charge in [0.05, 0.1) is 28.6 Å². The molecule has 2 aliphatic rings. The maximum Gasteiger partial charge on any atom is 0.247 e. The molecular formula is C18H22ClN3O4S2. The van der Waals surface area contributed by atoms with Gasteiger partial charge in [-0.2, -0.15) is 4.31 Å². The predicted octanol–water partition coefficient (Wildman–Crippen LogP) is 2.89. The maximum atomic E-state index is 13.5. The molecule has 0 unspecified atom stereocenters. The van der Waals surface area contributed by atoms with Crippen molar-refractivity contribution in [3.8, 4) is 0 Å². The van der Waals surface area contributed by atoms with Crippen LogP contribution in [0.2, 0.25) is 5.02 Å². The number of sulfonamides is 1. The lowest BCUT2D eigenvalue weighted by molar-refractivity contribution is -0.122. The standard InChI is InChI=1S/C18H22ClN3O4S2/c1-28(24,25)22-9-3-7-14(22)17(23)21(11-12-5-4-10-26-12)18-20-16-13(19)6-2-8-15(16)27-18/h2,6,8,12,14H,3-5,7,9-11H2,1H3/t12-,14-/m0/s1. The molecule has 3 heterocycles. The number of aromatic nitrogens is 1. The molecule has 1 aromatic carbocycles. The first-order valence-corrected chi connectivity index (χ1v) is 12.3. The Bertz CT molecular complexity index is 988. The molecule has 0 radical (unpaired) electrons. The Kier molecular flexibility index (Phi) is 5.63. The summed E-state index contributed by atoms with van der Waals surface area (Å²) in [4.78, 5) is 19.7. The fourth-order valence-electron chi connectivity index (χ4n) is 3.84. The van der Waals surface area contributed by atoms with E-state index in [1.165, 1.54) is 15.6 Å². The Hall–Kier alpha value is -1.26. The van der Waals surface area contributed by atoms with Gasteiger partial charge in [-0.25, -0.2) is 13.4 Å². The molecule has 2 aliphatic heterocycles. The van der Waals surface area contributed by atoms with Gasteiger partial charge >= 0.3 is 0 Å². The van der Waals surface area contributed by atoms with Crippen LogP contribution in [0.15, 0.2) is 18.2 Å². The second kappa shape index (κ2) is 7.87. The number of thiazole rings is 1. The van der Waals surface area contributed by atoms with Crippen molar-refractivity contribution in [1.29, 1.82) is 0 Å². The van der Waals surface area contributed by atoms with Gasteiger partial charge in [-0.1, -0.05) is 29.0 Å². The fourth-order valence-corrected chi connectivity index (χ4v) is 6.24. The molecule has 10 heteroatoms. The molecule has 7 nitrogen and oxygen atoms in total. The van der Waals surface area contributed by atoms with Gasteiger partial charge in [0.25, 0.3) is 0 Å². The lowest BCUT2D eigenvalue weighted by Gasteiger charge is -2.29. The number of amides is 1. The molecule has 28 heavy (non-hydrogen) atoms. The summed E-state index contributed by atoms with van der Waals surface area (Å²) in [5.74, 6) is -0.242. The molecular weight excluding hydrogens is 422 g/mol. The van der Waals surface area contributed by atoms with E-state index in [9.17, 15) is 13.2 Å². The van der Waals surface area contributed by atoms with Crippen molar-refractivity contribution < 1.29 is 17.9 Å². The number of carbonyl (C=O) groups is 1. The van der Waals surface area contributed by atoms with Crippen LogP contribution in [0.25, 0.3) is 10.2 Å². The number of hydrogen-bond acceptors (Lipinski definition) is 6. The quantitative estimate of drug-likeness (QED) is 0.709. The zero-order valence-corrected chi connectivity index (χ0v) is 17.9. The first kappa shape index (κ1) is 20.0. The molecule has 0 aliphatic carbocycles. The van der Waals surface area contributed by atoms with Gasteiger partial charge in [-0.15, -0.1) is 0 Å². The molecule has 0 spiro atoms. The number of nitrogens with zero attached hydrogens (tertiary/aromatic N) is 3. The van der Waals surface area contributed by atoms with Gasteiger partial charge < -0.3 is 4.74 Å². The Morgan fingerprint density at radius 1 is 1.39 bits per heavy atom. The Balaban J connectivity index is 1.70. The summed E-state index contributed by atoms with van der Waals surface area (Å²) in [5, 5.41) is 1.06. The number of ether oxygens (including phenoxy) is 1. The number of benzene rings is 1. The minimum Gasteiger partial charge on any atom is -0.376 e. The summed E-state index contributed by atoms with van der Waals surface area (Å²) in [5.41, 5.74) is 0.653. The fraction of sp³-hybridized carbons (Fsp3) is 0.556. The number of carbonyl (C=O) groups excluding carboxylic acids is 1.